The molecule has 35 heavy (non-hydrogen) atoms. The zero-order chi connectivity index (χ0) is 24.4. The lowest BCUT2D eigenvalue weighted by atomic mass is 9.89. The van der Waals surface area contributed by atoms with Gasteiger partial charge in [0.25, 0.3) is 5.91 Å². The fraction of sp³-hybridized carbons (Fsp3) is 0.345. The van der Waals surface area contributed by atoms with Crippen molar-refractivity contribution in [1.82, 2.24) is 14.8 Å². The van der Waals surface area contributed by atoms with Crippen LogP contribution in [0.4, 0.5) is 0 Å². The maximum atomic E-state index is 13.5. The van der Waals surface area contributed by atoms with Gasteiger partial charge in [-0.1, -0.05) is 36.4 Å². The van der Waals surface area contributed by atoms with Gasteiger partial charge < -0.3 is 9.80 Å². The van der Waals surface area contributed by atoms with E-state index in [1.165, 1.54) is 16.0 Å². The number of nitrogens with zero attached hydrogens (tertiary/aromatic N) is 3. The number of benzene rings is 2. The lowest BCUT2D eigenvalue weighted by Crippen LogP contribution is -2.39. The first-order chi connectivity index (χ1) is 17.0. The second kappa shape index (κ2) is 10.2. The molecule has 0 spiro atoms. The lowest BCUT2D eigenvalue weighted by molar-refractivity contribution is -0.131. The predicted molar refractivity (Wildman–Crippen MR) is 139 cm³/mol. The van der Waals surface area contributed by atoms with Crippen molar-refractivity contribution in [1.29, 1.82) is 0 Å². The highest BCUT2D eigenvalue weighted by atomic mass is 32.2. The molecule has 2 aliphatic rings. The van der Waals surface area contributed by atoms with Crippen LogP contribution in [0.2, 0.25) is 0 Å². The minimum Gasteiger partial charge on any atom is -0.342 e. The summed E-state index contributed by atoms with van der Waals surface area (Å²) in [6, 6.07) is 20.4. The van der Waals surface area contributed by atoms with Gasteiger partial charge in [0.15, 0.2) is 0 Å². The second-order valence-corrected chi connectivity index (χ2v) is 10.4. The summed E-state index contributed by atoms with van der Waals surface area (Å²) in [6.07, 6.45) is 4.14. The maximum absolute atomic E-state index is 13.5. The molecule has 0 bridgehead atoms. The highest BCUT2D eigenvalue weighted by Crippen LogP contribution is 2.32. The van der Waals surface area contributed by atoms with E-state index in [9.17, 15) is 9.59 Å². The number of rotatable bonds is 5. The standard InChI is InChI=1S/C29H31N3O2S/c1-20-7-12-26(29(34)32-18-23-5-3-4-6-24(23)19-32)28(30-20)22-13-15-31(16-14-22)27(33)17-21-8-10-25(35-2)11-9-21/h3-12,22H,13-19H2,1-2H3. The molecule has 2 amide bonds. The van der Waals surface area contributed by atoms with Gasteiger partial charge in [0.2, 0.25) is 5.91 Å². The normalized spacial score (nSPS) is 15.8. The van der Waals surface area contributed by atoms with Crippen LogP contribution in [0.25, 0.3) is 0 Å². The zero-order valence-electron chi connectivity index (χ0n) is 20.4. The van der Waals surface area contributed by atoms with E-state index in [1.54, 1.807) is 11.8 Å². The molecule has 1 fully saturated rings. The Morgan fingerprint density at radius 1 is 0.914 bits per heavy atom. The molecule has 180 valence electrons. The van der Waals surface area contributed by atoms with Gasteiger partial charge >= 0.3 is 0 Å². The van der Waals surface area contributed by atoms with E-state index in [0.29, 0.717) is 38.2 Å². The SMILES string of the molecule is CSc1ccc(CC(=O)N2CCC(c3nc(C)ccc3C(=O)N3Cc4ccccc4C3)CC2)cc1. The third-order valence-corrected chi connectivity index (χ3v) is 7.91. The van der Waals surface area contributed by atoms with Crippen LogP contribution in [-0.4, -0.2) is 45.9 Å². The summed E-state index contributed by atoms with van der Waals surface area (Å²) in [7, 11) is 0. The van der Waals surface area contributed by atoms with Crippen molar-refractivity contribution in [3.63, 3.8) is 0 Å². The van der Waals surface area contributed by atoms with E-state index in [1.807, 2.05) is 53.1 Å². The van der Waals surface area contributed by atoms with Crippen molar-refractivity contribution >= 4 is 23.6 Å². The largest absolute Gasteiger partial charge is 0.342 e. The van der Waals surface area contributed by atoms with E-state index in [2.05, 4.69) is 30.5 Å². The number of pyridine rings is 1. The third kappa shape index (κ3) is 5.13. The number of thioether (sulfide) groups is 1. The van der Waals surface area contributed by atoms with Gasteiger partial charge in [0, 0.05) is 42.7 Å². The zero-order valence-corrected chi connectivity index (χ0v) is 21.2. The van der Waals surface area contributed by atoms with Crippen LogP contribution in [0.5, 0.6) is 0 Å². The van der Waals surface area contributed by atoms with Gasteiger partial charge in [0.05, 0.1) is 17.7 Å². The van der Waals surface area contributed by atoms with Gasteiger partial charge in [-0.3, -0.25) is 14.6 Å². The lowest BCUT2D eigenvalue weighted by Gasteiger charge is -2.33. The summed E-state index contributed by atoms with van der Waals surface area (Å²) in [5.74, 6) is 0.406. The molecular formula is C29H31N3O2S. The number of likely N-dealkylation sites (tertiary alicyclic amines) is 1. The monoisotopic (exact) mass is 485 g/mol. The molecule has 6 heteroatoms. The Labute approximate surface area is 211 Å². The molecular weight excluding hydrogens is 454 g/mol. The first-order valence-electron chi connectivity index (χ1n) is 12.3. The number of piperidine rings is 1. The Morgan fingerprint density at radius 3 is 2.20 bits per heavy atom. The molecule has 2 aliphatic heterocycles. The van der Waals surface area contributed by atoms with Crippen LogP contribution in [0.3, 0.4) is 0 Å². The first-order valence-corrected chi connectivity index (χ1v) is 13.5. The number of aromatic nitrogens is 1. The number of hydrogen-bond acceptors (Lipinski definition) is 4. The molecule has 3 aromatic rings. The Morgan fingerprint density at radius 2 is 1.57 bits per heavy atom. The van der Waals surface area contributed by atoms with Crippen molar-refractivity contribution in [2.45, 2.75) is 50.1 Å². The number of aryl methyl sites for hydroxylation is 1. The Kier molecular flexibility index (Phi) is 6.91. The number of carbonyl (C=O) groups is 2. The predicted octanol–water partition coefficient (Wildman–Crippen LogP) is 5.22. The van der Waals surface area contributed by atoms with Crippen LogP contribution in [0.1, 0.15) is 57.2 Å². The smallest absolute Gasteiger partial charge is 0.256 e. The highest BCUT2D eigenvalue weighted by molar-refractivity contribution is 7.98. The van der Waals surface area contributed by atoms with Gasteiger partial charge in [-0.05, 0) is 67.0 Å². The number of hydrogen-bond donors (Lipinski definition) is 0. The fourth-order valence-electron chi connectivity index (χ4n) is 5.15. The van der Waals surface area contributed by atoms with Crippen LogP contribution >= 0.6 is 11.8 Å². The van der Waals surface area contributed by atoms with Gasteiger partial charge in [-0.15, -0.1) is 11.8 Å². The molecule has 5 rings (SSSR count). The summed E-state index contributed by atoms with van der Waals surface area (Å²) >= 11 is 1.70. The summed E-state index contributed by atoms with van der Waals surface area (Å²) < 4.78 is 0. The van der Waals surface area contributed by atoms with Crippen molar-refractivity contribution in [2.75, 3.05) is 19.3 Å². The number of amides is 2. The number of carbonyl (C=O) groups excluding carboxylic acids is 2. The molecule has 0 radical (unpaired) electrons. The number of fused-ring (bicyclic) bond motifs is 1. The molecule has 0 aliphatic carbocycles. The summed E-state index contributed by atoms with van der Waals surface area (Å²) in [4.78, 5) is 36.4. The minimum absolute atomic E-state index is 0.0518. The molecule has 5 nitrogen and oxygen atoms in total. The molecule has 3 heterocycles. The summed E-state index contributed by atoms with van der Waals surface area (Å²) in [5.41, 5.74) is 6.02. The van der Waals surface area contributed by atoms with E-state index in [0.717, 1.165) is 29.8 Å². The van der Waals surface area contributed by atoms with Crippen LogP contribution in [0, 0.1) is 6.92 Å². The molecule has 0 N–H and O–H groups in total. The average molecular weight is 486 g/mol. The third-order valence-electron chi connectivity index (χ3n) is 7.17. The van der Waals surface area contributed by atoms with Crippen LogP contribution in [0.15, 0.2) is 65.6 Å². The van der Waals surface area contributed by atoms with Crippen molar-refractivity contribution in [2.24, 2.45) is 0 Å². The fourth-order valence-corrected chi connectivity index (χ4v) is 5.56. The maximum Gasteiger partial charge on any atom is 0.256 e. The first kappa shape index (κ1) is 23.6. The van der Waals surface area contributed by atoms with E-state index in [-0.39, 0.29) is 17.7 Å². The summed E-state index contributed by atoms with van der Waals surface area (Å²) in [5, 5.41) is 0. The molecule has 2 aromatic carbocycles. The van der Waals surface area contributed by atoms with Crippen LogP contribution < -0.4 is 0 Å². The Hall–Kier alpha value is -3.12. The molecule has 0 saturated carbocycles. The van der Waals surface area contributed by atoms with Crippen molar-refractivity contribution in [3.05, 3.63) is 94.3 Å². The second-order valence-electron chi connectivity index (χ2n) is 9.50. The van der Waals surface area contributed by atoms with Gasteiger partial charge in [0.1, 0.15) is 0 Å². The highest BCUT2D eigenvalue weighted by Gasteiger charge is 2.31. The molecule has 1 aromatic heterocycles. The van der Waals surface area contributed by atoms with Crippen LogP contribution in [-0.2, 0) is 24.3 Å². The molecule has 0 unspecified atom stereocenters. The summed E-state index contributed by atoms with van der Waals surface area (Å²) in [6.45, 7) is 4.67. The van der Waals surface area contributed by atoms with Gasteiger partial charge in [-0.2, -0.15) is 0 Å². The minimum atomic E-state index is 0.0518. The molecule has 0 atom stereocenters. The van der Waals surface area contributed by atoms with E-state index in [4.69, 9.17) is 4.98 Å². The van der Waals surface area contributed by atoms with Gasteiger partial charge in [-0.25, -0.2) is 0 Å². The van der Waals surface area contributed by atoms with Crippen molar-refractivity contribution in [3.8, 4) is 0 Å². The quantitative estimate of drug-likeness (QED) is 0.465. The van der Waals surface area contributed by atoms with Crippen molar-refractivity contribution < 1.29 is 9.59 Å². The topological polar surface area (TPSA) is 53.5 Å². The average Bonchev–Trinajstić information content (AvgIpc) is 3.33. The van der Waals surface area contributed by atoms with E-state index >= 15 is 0 Å². The molecule has 1 saturated heterocycles. The Bertz CT molecular complexity index is 1210. The van der Waals surface area contributed by atoms with E-state index < -0.39 is 0 Å². The Balaban J connectivity index is 1.25.